The second-order valence-corrected chi connectivity index (χ2v) is 10.4. The van der Waals surface area contributed by atoms with Crippen LogP contribution < -0.4 is 5.32 Å². The summed E-state index contributed by atoms with van der Waals surface area (Å²) in [7, 11) is 0. The molecular formula is C23H38N4O4. The summed E-state index contributed by atoms with van der Waals surface area (Å²) in [6.07, 6.45) is 8.08. The molecule has 1 N–H and O–H groups in total. The quantitative estimate of drug-likeness (QED) is 0.735. The molecule has 1 unspecified atom stereocenters. The Kier molecular flexibility index (Phi) is 6.03. The van der Waals surface area contributed by atoms with Crippen molar-refractivity contribution in [1.82, 2.24) is 20.0 Å². The Balaban J connectivity index is 1.07. The number of nitrogens with one attached hydrogen (secondary N) is 1. The molecule has 174 valence electrons. The Morgan fingerprint density at radius 2 is 1.87 bits per heavy atom. The first-order valence-electron chi connectivity index (χ1n) is 12.4. The Hall–Kier alpha value is -1.54. The van der Waals surface area contributed by atoms with Gasteiger partial charge in [-0.05, 0) is 76.3 Å². The van der Waals surface area contributed by atoms with Crippen molar-refractivity contribution < 1.29 is 19.1 Å². The molecule has 0 aromatic rings. The molecule has 0 radical (unpaired) electrons. The van der Waals surface area contributed by atoms with Gasteiger partial charge in [-0.1, -0.05) is 0 Å². The third kappa shape index (κ3) is 4.25. The van der Waals surface area contributed by atoms with Crippen molar-refractivity contribution >= 4 is 12.1 Å². The summed E-state index contributed by atoms with van der Waals surface area (Å²) in [6, 6.07) is 1.40. The van der Waals surface area contributed by atoms with Gasteiger partial charge in [0.2, 0.25) is 0 Å². The maximum Gasteiger partial charge on any atom is 0.409 e. The molecule has 1 saturated carbocycles. The molecule has 5 rings (SSSR count). The Bertz CT molecular complexity index is 670. The monoisotopic (exact) mass is 434 g/mol. The van der Waals surface area contributed by atoms with Gasteiger partial charge in [-0.3, -0.25) is 0 Å². The number of hydrogen-bond donors (Lipinski definition) is 1. The van der Waals surface area contributed by atoms with Crippen molar-refractivity contribution in [2.24, 2.45) is 11.3 Å². The fraction of sp³-hybridized carbons (Fsp3) is 0.913. The second-order valence-electron chi connectivity index (χ2n) is 10.4. The first-order chi connectivity index (χ1) is 15.1. The lowest BCUT2D eigenvalue weighted by molar-refractivity contribution is -0.0159. The minimum atomic E-state index is -0.140. The number of carbonyl (C=O) groups is 2. The van der Waals surface area contributed by atoms with E-state index in [0.29, 0.717) is 43.2 Å². The molecule has 0 bridgehead atoms. The molecule has 4 saturated heterocycles. The number of likely N-dealkylation sites (tertiary alicyclic amines) is 3. The first-order valence-corrected chi connectivity index (χ1v) is 12.4. The van der Waals surface area contributed by atoms with Gasteiger partial charge in [0.15, 0.2) is 0 Å². The van der Waals surface area contributed by atoms with Crippen molar-refractivity contribution in [2.45, 2.75) is 70.0 Å². The molecule has 3 amide bonds. The maximum atomic E-state index is 12.7. The highest BCUT2D eigenvalue weighted by atomic mass is 16.6. The van der Waals surface area contributed by atoms with E-state index in [2.05, 4.69) is 15.1 Å². The van der Waals surface area contributed by atoms with E-state index in [4.69, 9.17) is 9.47 Å². The largest absolute Gasteiger partial charge is 0.450 e. The second kappa shape index (κ2) is 8.77. The Morgan fingerprint density at radius 3 is 2.55 bits per heavy atom. The first kappa shape index (κ1) is 21.3. The molecule has 1 atom stereocenters. The van der Waals surface area contributed by atoms with Crippen molar-refractivity contribution in [2.75, 3.05) is 52.5 Å². The summed E-state index contributed by atoms with van der Waals surface area (Å²) in [5.41, 5.74) is 0.333. The van der Waals surface area contributed by atoms with Crippen molar-refractivity contribution in [3.8, 4) is 0 Å². The van der Waals surface area contributed by atoms with Crippen LogP contribution in [0.3, 0.4) is 0 Å². The smallest absolute Gasteiger partial charge is 0.409 e. The van der Waals surface area contributed by atoms with Gasteiger partial charge < -0.3 is 29.5 Å². The van der Waals surface area contributed by atoms with Gasteiger partial charge in [0.05, 0.1) is 25.9 Å². The molecule has 5 fully saturated rings. The van der Waals surface area contributed by atoms with Crippen LogP contribution in [0.4, 0.5) is 9.59 Å². The van der Waals surface area contributed by atoms with E-state index in [1.807, 2.05) is 11.8 Å². The van der Waals surface area contributed by atoms with Gasteiger partial charge in [0, 0.05) is 31.7 Å². The molecule has 4 heterocycles. The summed E-state index contributed by atoms with van der Waals surface area (Å²) in [6.45, 7) is 8.54. The zero-order chi connectivity index (χ0) is 21.4. The van der Waals surface area contributed by atoms with Crippen LogP contribution in [-0.4, -0.2) is 97.5 Å². The summed E-state index contributed by atoms with van der Waals surface area (Å²) in [4.78, 5) is 31.4. The highest BCUT2D eigenvalue weighted by Gasteiger charge is 2.51. The fourth-order valence-corrected chi connectivity index (χ4v) is 6.62. The molecule has 5 aliphatic rings. The van der Waals surface area contributed by atoms with Crippen LogP contribution in [0.5, 0.6) is 0 Å². The average Bonchev–Trinajstić information content (AvgIpc) is 3.37. The number of urea groups is 1. The lowest BCUT2D eigenvalue weighted by Gasteiger charge is -2.52. The van der Waals surface area contributed by atoms with Crippen LogP contribution in [0.25, 0.3) is 0 Å². The molecule has 31 heavy (non-hydrogen) atoms. The molecule has 1 aliphatic carbocycles. The van der Waals surface area contributed by atoms with Crippen molar-refractivity contribution in [1.29, 1.82) is 0 Å². The van der Waals surface area contributed by atoms with Gasteiger partial charge >= 0.3 is 12.1 Å². The molecule has 8 heteroatoms. The minimum Gasteiger partial charge on any atom is -0.450 e. The number of carbonyl (C=O) groups excluding carboxylic acids is 2. The average molecular weight is 435 g/mol. The summed E-state index contributed by atoms with van der Waals surface area (Å²) < 4.78 is 10.4. The predicted molar refractivity (Wildman–Crippen MR) is 116 cm³/mol. The summed E-state index contributed by atoms with van der Waals surface area (Å²) in [5, 5.41) is 3.13. The van der Waals surface area contributed by atoms with E-state index in [0.717, 1.165) is 52.0 Å². The van der Waals surface area contributed by atoms with Gasteiger partial charge in [-0.25, -0.2) is 9.59 Å². The standard InChI is InChI=1S/C23H38N4O4/c1-2-31-22(29)26-11-7-23(16-26)12-19(13-23)25-9-5-17(6-10-25)20-4-3-8-27(20)21(28)24-18-14-30-15-18/h17-20H,2-16H2,1H3,(H,24,28). The highest BCUT2D eigenvalue weighted by Crippen LogP contribution is 2.51. The Morgan fingerprint density at radius 1 is 1.10 bits per heavy atom. The number of rotatable bonds is 4. The topological polar surface area (TPSA) is 74.4 Å². The zero-order valence-electron chi connectivity index (χ0n) is 18.9. The van der Waals surface area contributed by atoms with Gasteiger partial charge in [-0.2, -0.15) is 0 Å². The summed E-state index contributed by atoms with van der Waals surface area (Å²) >= 11 is 0. The SMILES string of the molecule is CCOC(=O)N1CCC2(CC(N3CCC(C4CCCN4C(=O)NC4COC4)CC3)C2)C1. The number of piperidine rings is 1. The lowest BCUT2D eigenvalue weighted by Crippen LogP contribution is -2.57. The van der Waals surface area contributed by atoms with Crippen LogP contribution >= 0.6 is 0 Å². The minimum absolute atomic E-state index is 0.117. The van der Waals surface area contributed by atoms with Crippen LogP contribution in [0.2, 0.25) is 0 Å². The molecule has 0 aromatic heterocycles. The van der Waals surface area contributed by atoms with E-state index in [-0.39, 0.29) is 18.2 Å². The van der Waals surface area contributed by atoms with E-state index in [9.17, 15) is 9.59 Å². The van der Waals surface area contributed by atoms with Crippen molar-refractivity contribution in [3.05, 3.63) is 0 Å². The number of amides is 3. The predicted octanol–water partition coefficient (Wildman–Crippen LogP) is 2.28. The Labute approximate surface area is 185 Å². The van der Waals surface area contributed by atoms with Crippen LogP contribution in [0.1, 0.15) is 51.9 Å². The molecule has 0 aromatic carbocycles. The lowest BCUT2D eigenvalue weighted by atomic mass is 9.64. The molecular weight excluding hydrogens is 396 g/mol. The van der Waals surface area contributed by atoms with Gasteiger partial charge in [0.1, 0.15) is 0 Å². The van der Waals surface area contributed by atoms with E-state index >= 15 is 0 Å². The van der Waals surface area contributed by atoms with Crippen LogP contribution in [-0.2, 0) is 9.47 Å². The third-order valence-electron chi connectivity index (χ3n) is 8.46. The number of hydrogen-bond acceptors (Lipinski definition) is 5. The zero-order valence-corrected chi connectivity index (χ0v) is 18.9. The number of nitrogens with zero attached hydrogens (tertiary/aromatic N) is 3. The molecule has 4 aliphatic heterocycles. The normalized spacial score (nSPS) is 34.6. The maximum absolute atomic E-state index is 12.7. The van der Waals surface area contributed by atoms with E-state index < -0.39 is 0 Å². The highest BCUT2D eigenvalue weighted by molar-refractivity contribution is 5.75. The number of ether oxygens (including phenoxy) is 2. The van der Waals surface area contributed by atoms with Gasteiger partial charge in [-0.15, -0.1) is 0 Å². The van der Waals surface area contributed by atoms with E-state index in [1.54, 1.807) is 0 Å². The summed E-state index contributed by atoms with van der Waals surface area (Å²) in [5.74, 6) is 0.627. The fourth-order valence-electron chi connectivity index (χ4n) is 6.62. The molecule has 1 spiro atoms. The third-order valence-corrected chi connectivity index (χ3v) is 8.46. The van der Waals surface area contributed by atoms with E-state index in [1.165, 1.54) is 25.7 Å². The molecule has 8 nitrogen and oxygen atoms in total. The van der Waals surface area contributed by atoms with Crippen molar-refractivity contribution in [3.63, 3.8) is 0 Å². The van der Waals surface area contributed by atoms with Gasteiger partial charge in [0.25, 0.3) is 0 Å². The van der Waals surface area contributed by atoms with Crippen LogP contribution in [0.15, 0.2) is 0 Å². The van der Waals surface area contributed by atoms with Crippen LogP contribution in [0, 0.1) is 11.3 Å².